The second-order valence-corrected chi connectivity index (χ2v) is 2.53. The van der Waals surface area contributed by atoms with E-state index in [0.29, 0.717) is 5.22 Å². The quantitative estimate of drug-likeness (QED) is 0.720. The van der Waals surface area contributed by atoms with Crippen molar-refractivity contribution in [1.29, 1.82) is 0 Å². The Kier molecular flexibility index (Phi) is 2.35. The van der Waals surface area contributed by atoms with Crippen LogP contribution in [0.4, 0.5) is 0 Å². The zero-order valence-corrected chi connectivity index (χ0v) is 6.56. The molecule has 56 valence electrons. The summed E-state index contributed by atoms with van der Waals surface area (Å²) >= 11 is 5.54. The molecular weight excluding hydrogens is 150 g/mol. The monoisotopic (exact) mass is 159 g/mol. The summed E-state index contributed by atoms with van der Waals surface area (Å²) in [4.78, 5) is 0. The first-order valence-corrected chi connectivity index (χ1v) is 3.62. The summed E-state index contributed by atoms with van der Waals surface area (Å²) in [6, 6.07) is 3.48. The van der Waals surface area contributed by atoms with Crippen LogP contribution in [0.5, 0.6) is 0 Å². The summed E-state index contributed by atoms with van der Waals surface area (Å²) in [7, 11) is 0. The third-order valence-electron chi connectivity index (χ3n) is 1.40. The molecule has 0 fully saturated rings. The highest BCUT2D eigenvalue weighted by Gasteiger charge is 2.06. The molecule has 0 aliphatic carbocycles. The van der Waals surface area contributed by atoms with Gasteiger partial charge in [0.05, 0.1) is 6.04 Å². The molecule has 1 aromatic rings. The molecule has 1 unspecified atom stereocenters. The Morgan fingerprint density at radius 2 is 2.40 bits per heavy atom. The van der Waals surface area contributed by atoms with Gasteiger partial charge in [-0.3, -0.25) is 0 Å². The number of hydrogen-bond donors (Lipinski definition) is 1. The second kappa shape index (κ2) is 3.08. The van der Waals surface area contributed by atoms with Crippen LogP contribution in [0, 0.1) is 0 Å². The van der Waals surface area contributed by atoms with E-state index in [1.54, 1.807) is 12.1 Å². The molecular formula is C7H10ClNO. The smallest absolute Gasteiger partial charge is 0.193 e. The molecule has 0 aliphatic rings. The van der Waals surface area contributed by atoms with Gasteiger partial charge in [-0.1, -0.05) is 6.92 Å². The maximum atomic E-state index is 5.66. The number of rotatable bonds is 2. The van der Waals surface area contributed by atoms with Gasteiger partial charge in [-0.15, -0.1) is 0 Å². The average molecular weight is 160 g/mol. The Bertz CT molecular complexity index is 209. The van der Waals surface area contributed by atoms with Crippen LogP contribution >= 0.6 is 11.6 Å². The van der Waals surface area contributed by atoms with Crippen LogP contribution in [0.25, 0.3) is 0 Å². The van der Waals surface area contributed by atoms with E-state index in [2.05, 4.69) is 0 Å². The van der Waals surface area contributed by atoms with Crippen LogP contribution < -0.4 is 5.73 Å². The lowest BCUT2D eigenvalue weighted by Crippen LogP contribution is -2.06. The van der Waals surface area contributed by atoms with Crippen LogP contribution in [0.2, 0.25) is 5.22 Å². The first-order valence-electron chi connectivity index (χ1n) is 3.25. The minimum Gasteiger partial charge on any atom is -0.448 e. The van der Waals surface area contributed by atoms with Crippen molar-refractivity contribution in [2.75, 3.05) is 0 Å². The molecule has 0 amide bonds. The molecule has 0 saturated carbocycles. The highest BCUT2D eigenvalue weighted by atomic mass is 35.5. The molecule has 10 heavy (non-hydrogen) atoms. The maximum Gasteiger partial charge on any atom is 0.193 e. The Balaban J connectivity index is 2.74. The number of halogens is 1. The standard InChI is InChI=1S/C7H10ClNO/c1-2-5(9)6-3-4-7(8)10-6/h3-5H,2,9H2,1H3. The van der Waals surface area contributed by atoms with Crippen molar-refractivity contribution in [3.63, 3.8) is 0 Å². The minimum absolute atomic E-state index is 0.0208. The molecule has 0 aliphatic heterocycles. The predicted octanol–water partition coefficient (Wildman–Crippen LogP) is 2.34. The summed E-state index contributed by atoms with van der Waals surface area (Å²) in [5, 5.41) is 0.402. The fourth-order valence-electron chi connectivity index (χ4n) is 0.729. The maximum absolute atomic E-state index is 5.66. The van der Waals surface area contributed by atoms with Gasteiger partial charge < -0.3 is 10.2 Å². The van der Waals surface area contributed by atoms with Gasteiger partial charge in [-0.05, 0) is 30.2 Å². The number of furan rings is 1. The van der Waals surface area contributed by atoms with E-state index in [-0.39, 0.29) is 6.04 Å². The first-order chi connectivity index (χ1) is 4.74. The fraction of sp³-hybridized carbons (Fsp3) is 0.429. The molecule has 0 spiro atoms. The zero-order chi connectivity index (χ0) is 7.56. The van der Waals surface area contributed by atoms with Gasteiger partial charge in [-0.25, -0.2) is 0 Å². The highest BCUT2D eigenvalue weighted by Crippen LogP contribution is 2.19. The lowest BCUT2D eigenvalue weighted by atomic mass is 10.2. The van der Waals surface area contributed by atoms with Crippen molar-refractivity contribution < 1.29 is 4.42 Å². The van der Waals surface area contributed by atoms with E-state index in [1.807, 2.05) is 6.92 Å². The van der Waals surface area contributed by atoms with Crippen molar-refractivity contribution in [3.05, 3.63) is 23.1 Å². The Labute approximate surface area is 65.0 Å². The average Bonchev–Trinajstić information content (AvgIpc) is 2.34. The van der Waals surface area contributed by atoms with Crippen molar-refractivity contribution in [3.8, 4) is 0 Å². The van der Waals surface area contributed by atoms with Gasteiger partial charge in [0.15, 0.2) is 5.22 Å². The number of nitrogens with two attached hydrogens (primary N) is 1. The van der Waals surface area contributed by atoms with Crippen molar-refractivity contribution in [1.82, 2.24) is 0 Å². The molecule has 3 heteroatoms. The van der Waals surface area contributed by atoms with Gasteiger partial charge in [0.25, 0.3) is 0 Å². The molecule has 0 aromatic carbocycles. The number of hydrogen-bond acceptors (Lipinski definition) is 2. The summed E-state index contributed by atoms with van der Waals surface area (Å²) in [6.07, 6.45) is 0.865. The second-order valence-electron chi connectivity index (χ2n) is 2.16. The molecule has 2 N–H and O–H groups in total. The van der Waals surface area contributed by atoms with Crippen molar-refractivity contribution >= 4 is 11.6 Å². The summed E-state index contributed by atoms with van der Waals surface area (Å²) in [6.45, 7) is 2.00. The summed E-state index contributed by atoms with van der Waals surface area (Å²) < 4.78 is 5.08. The fourth-order valence-corrected chi connectivity index (χ4v) is 0.881. The first kappa shape index (κ1) is 7.63. The van der Waals surface area contributed by atoms with E-state index in [1.165, 1.54) is 0 Å². The summed E-state index contributed by atoms with van der Waals surface area (Å²) in [5.74, 6) is 0.757. The van der Waals surface area contributed by atoms with Crippen LogP contribution in [0.15, 0.2) is 16.5 Å². The summed E-state index contributed by atoms with van der Waals surface area (Å²) in [5.41, 5.74) is 5.66. The van der Waals surface area contributed by atoms with E-state index in [4.69, 9.17) is 21.8 Å². The van der Waals surface area contributed by atoms with E-state index >= 15 is 0 Å². The molecule has 0 saturated heterocycles. The van der Waals surface area contributed by atoms with E-state index in [0.717, 1.165) is 12.2 Å². The largest absolute Gasteiger partial charge is 0.448 e. The van der Waals surface area contributed by atoms with Crippen molar-refractivity contribution in [2.24, 2.45) is 5.73 Å². The van der Waals surface area contributed by atoms with E-state index in [9.17, 15) is 0 Å². The Morgan fingerprint density at radius 3 is 2.80 bits per heavy atom. The Hall–Kier alpha value is -0.470. The van der Waals surface area contributed by atoms with Crippen LogP contribution in [0.1, 0.15) is 25.1 Å². The third-order valence-corrected chi connectivity index (χ3v) is 1.60. The minimum atomic E-state index is -0.0208. The van der Waals surface area contributed by atoms with Crippen LogP contribution in [0.3, 0.4) is 0 Å². The lowest BCUT2D eigenvalue weighted by Gasteiger charge is -2.02. The normalized spacial score (nSPS) is 13.5. The SMILES string of the molecule is CCC(N)c1ccc(Cl)o1. The van der Waals surface area contributed by atoms with Crippen LogP contribution in [-0.2, 0) is 0 Å². The molecule has 0 bridgehead atoms. The molecule has 0 radical (unpaired) electrons. The highest BCUT2D eigenvalue weighted by molar-refractivity contribution is 6.28. The molecule has 1 aromatic heterocycles. The zero-order valence-electron chi connectivity index (χ0n) is 5.80. The lowest BCUT2D eigenvalue weighted by molar-refractivity contribution is 0.462. The van der Waals surface area contributed by atoms with Crippen LogP contribution in [-0.4, -0.2) is 0 Å². The van der Waals surface area contributed by atoms with Gasteiger partial charge >= 0.3 is 0 Å². The van der Waals surface area contributed by atoms with Gasteiger partial charge in [0, 0.05) is 0 Å². The predicted molar refractivity (Wildman–Crippen MR) is 40.9 cm³/mol. The van der Waals surface area contributed by atoms with Gasteiger partial charge in [0.2, 0.25) is 0 Å². The molecule has 1 rings (SSSR count). The molecule has 2 nitrogen and oxygen atoms in total. The van der Waals surface area contributed by atoms with E-state index < -0.39 is 0 Å². The topological polar surface area (TPSA) is 39.2 Å². The Morgan fingerprint density at radius 1 is 1.70 bits per heavy atom. The van der Waals surface area contributed by atoms with Gasteiger partial charge in [0.1, 0.15) is 5.76 Å². The molecule has 1 heterocycles. The molecule has 1 atom stereocenters. The van der Waals surface area contributed by atoms with Gasteiger partial charge in [-0.2, -0.15) is 0 Å². The third kappa shape index (κ3) is 1.52. The van der Waals surface area contributed by atoms with Crippen molar-refractivity contribution in [2.45, 2.75) is 19.4 Å².